The number of hydrogen-bond acceptors (Lipinski definition) is 4. The summed E-state index contributed by atoms with van der Waals surface area (Å²) in [6.45, 7) is 6.04. The molecule has 5 nitrogen and oxygen atoms in total. The lowest BCUT2D eigenvalue weighted by Gasteiger charge is -2.24. The predicted molar refractivity (Wildman–Crippen MR) is 71.9 cm³/mol. The molecule has 1 atom stereocenters. The topological polar surface area (TPSA) is 75.4 Å². The fourth-order valence-electron chi connectivity index (χ4n) is 1.87. The van der Waals surface area contributed by atoms with Crippen LogP contribution < -0.4 is 5.32 Å². The van der Waals surface area contributed by atoms with Crippen molar-refractivity contribution in [3.05, 3.63) is 33.9 Å². The summed E-state index contributed by atoms with van der Waals surface area (Å²) < 4.78 is 0. The second-order valence-corrected chi connectivity index (χ2v) is 4.86. The fourth-order valence-corrected chi connectivity index (χ4v) is 1.87. The van der Waals surface area contributed by atoms with Crippen LogP contribution in [0.15, 0.2) is 18.2 Å². The average Bonchev–Trinajstić information content (AvgIpc) is 2.27. The first kappa shape index (κ1) is 14.4. The van der Waals surface area contributed by atoms with Gasteiger partial charge in [-0.05, 0) is 31.9 Å². The largest absolute Gasteiger partial charge is 0.388 e. The van der Waals surface area contributed by atoms with E-state index in [0.717, 1.165) is 17.7 Å². The molecule has 0 radical (unpaired) electrons. The minimum Gasteiger partial charge on any atom is -0.388 e. The van der Waals surface area contributed by atoms with Gasteiger partial charge in [0.2, 0.25) is 0 Å². The van der Waals surface area contributed by atoms with Gasteiger partial charge in [0, 0.05) is 24.4 Å². The van der Waals surface area contributed by atoms with Crippen molar-refractivity contribution < 1.29 is 10.0 Å². The average molecular weight is 252 g/mol. The second kappa shape index (κ2) is 5.82. The lowest BCUT2D eigenvalue weighted by Crippen LogP contribution is -2.33. The SMILES string of the molecule is CCCC(C)(O)CNc1ccc([N+](=O)[O-])cc1C. The van der Waals surface area contributed by atoms with Gasteiger partial charge in [-0.3, -0.25) is 10.1 Å². The molecule has 0 saturated heterocycles. The van der Waals surface area contributed by atoms with Gasteiger partial charge in [0.25, 0.3) is 5.69 Å². The zero-order valence-electron chi connectivity index (χ0n) is 11.1. The lowest BCUT2D eigenvalue weighted by molar-refractivity contribution is -0.384. The van der Waals surface area contributed by atoms with Crippen molar-refractivity contribution in [2.45, 2.75) is 39.2 Å². The molecule has 1 aromatic carbocycles. The number of nitrogens with one attached hydrogen (secondary N) is 1. The van der Waals surface area contributed by atoms with Gasteiger partial charge in [0.05, 0.1) is 10.5 Å². The Morgan fingerprint density at radius 1 is 1.50 bits per heavy atom. The smallest absolute Gasteiger partial charge is 0.269 e. The maximum absolute atomic E-state index is 10.6. The summed E-state index contributed by atoms with van der Waals surface area (Å²) in [6.07, 6.45) is 1.62. The van der Waals surface area contributed by atoms with E-state index in [4.69, 9.17) is 0 Å². The molecule has 0 fully saturated rings. The molecule has 0 aliphatic heterocycles. The van der Waals surface area contributed by atoms with E-state index in [1.807, 2.05) is 13.8 Å². The number of nitro groups is 1. The molecule has 2 N–H and O–H groups in total. The van der Waals surface area contributed by atoms with Crippen LogP contribution >= 0.6 is 0 Å². The number of hydrogen-bond donors (Lipinski definition) is 2. The van der Waals surface area contributed by atoms with E-state index in [1.165, 1.54) is 12.1 Å². The summed E-state index contributed by atoms with van der Waals surface area (Å²) in [7, 11) is 0. The van der Waals surface area contributed by atoms with Gasteiger partial charge < -0.3 is 10.4 Å². The van der Waals surface area contributed by atoms with Crippen molar-refractivity contribution in [3.8, 4) is 0 Å². The summed E-state index contributed by atoms with van der Waals surface area (Å²) >= 11 is 0. The van der Waals surface area contributed by atoms with Crippen molar-refractivity contribution in [2.24, 2.45) is 0 Å². The quantitative estimate of drug-likeness (QED) is 0.603. The number of aliphatic hydroxyl groups is 1. The van der Waals surface area contributed by atoms with Crippen LogP contribution in [0, 0.1) is 17.0 Å². The molecule has 0 amide bonds. The predicted octanol–water partition coefficient (Wildman–Crippen LogP) is 2.87. The molecule has 5 heteroatoms. The first-order chi connectivity index (χ1) is 8.35. The highest BCUT2D eigenvalue weighted by atomic mass is 16.6. The molecule has 1 rings (SSSR count). The second-order valence-electron chi connectivity index (χ2n) is 4.86. The van der Waals surface area contributed by atoms with Crippen LogP contribution in [0.1, 0.15) is 32.3 Å². The molecule has 0 saturated carbocycles. The maximum atomic E-state index is 10.6. The van der Waals surface area contributed by atoms with E-state index >= 15 is 0 Å². The lowest BCUT2D eigenvalue weighted by atomic mass is 10.0. The van der Waals surface area contributed by atoms with Crippen LogP contribution in [0.4, 0.5) is 11.4 Å². The molecular formula is C13H20N2O3. The third-order valence-corrected chi connectivity index (χ3v) is 2.87. The summed E-state index contributed by atoms with van der Waals surface area (Å²) in [4.78, 5) is 10.2. The third-order valence-electron chi connectivity index (χ3n) is 2.87. The minimum absolute atomic E-state index is 0.0818. The molecular weight excluding hydrogens is 232 g/mol. The van der Waals surface area contributed by atoms with Crippen molar-refractivity contribution in [1.29, 1.82) is 0 Å². The maximum Gasteiger partial charge on any atom is 0.269 e. The van der Waals surface area contributed by atoms with E-state index in [-0.39, 0.29) is 5.69 Å². The first-order valence-electron chi connectivity index (χ1n) is 6.07. The van der Waals surface area contributed by atoms with Gasteiger partial charge in [0.15, 0.2) is 0 Å². The molecule has 0 aromatic heterocycles. The summed E-state index contributed by atoms with van der Waals surface area (Å²) in [6, 6.07) is 4.66. The minimum atomic E-state index is -0.761. The number of nitro benzene ring substituents is 1. The van der Waals surface area contributed by atoms with Gasteiger partial charge in [-0.15, -0.1) is 0 Å². The van der Waals surface area contributed by atoms with E-state index in [9.17, 15) is 15.2 Å². The molecule has 0 spiro atoms. The van der Waals surface area contributed by atoms with Gasteiger partial charge in [0.1, 0.15) is 0 Å². The summed E-state index contributed by atoms with van der Waals surface area (Å²) in [5, 5.41) is 23.8. The molecule has 1 unspecified atom stereocenters. The van der Waals surface area contributed by atoms with E-state index in [0.29, 0.717) is 13.0 Å². The van der Waals surface area contributed by atoms with Crippen molar-refractivity contribution in [2.75, 3.05) is 11.9 Å². The Bertz CT molecular complexity index is 430. The normalized spacial score (nSPS) is 14.0. The Morgan fingerprint density at radius 3 is 2.67 bits per heavy atom. The molecule has 0 aliphatic carbocycles. The zero-order chi connectivity index (χ0) is 13.8. The van der Waals surface area contributed by atoms with Crippen LogP contribution in [0.3, 0.4) is 0 Å². The number of nitrogens with zero attached hydrogens (tertiary/aromatic N) is 1. The highest BCUT2D eigenvalue weighted by Gasteiger charge is 2.19. The Morgan fingerprint density at radius 2 is 2.17 bits per heavy atom. The van der Waals surface area contributed by atoms with Crippen LogP contribution in [0.2, 0.25) is 0 Å². The molecule has 18 heavy (non-hydrogen) atoms. The molecule has 0 aliphatic rings. The number of rotatable bonds is 6. The summed E-state index contributed by atoms with van der Waals surface area (Å²) in [5.74, 6) is 0. The zero-order valence-corrected chi connectivity index (χ0v) is 11.1. The number of anilines is 1. The molecule has 100 valence electrons. The fraction of sp³-hybridized carbons (Fsp3) is 0.538. The number of non-ortho nitro benzene ring substituents is 1. The Balaban J connectivity index is 2.71. The monoisotopic (exact) mass is 252 g/mol. The van der Waals surface area contributed by atoms with Crippen molar-refractivity contribution >= 4 is 11.4 Å². The van der Waals surface area contributed by atoms with Crippen LogP contribution in [0.25, 0.3) is 0 Å². The van der Waals surface area contributed by atoms with Crippen LogP contribution in [0.5, 0.6) is 0 Å². The van der Waals surface area contributed by atoms with Gasteiger partial charge in [-0.2, -0.15) is 0 Å². The van der Waals surface area contributed by atoms with Crippen molar-refractivity contribution in [3.63, 3.8) is 0 Å². The molecule has 0 bridgehead atoms. The molecule has 0 heterocycles. The molecule has 1 aromatic rings. The first-order valence-corrected chi connectivity index (χ1v) is 6.07. The highest BCUT2D eigenvalue weighted by Crippen LogP contribution is 2.22. The summed E-state index contributed by atoms with van der Waals surface area (Å²) in [5.41, 5.74) is 0.940. The van der Waals surface area contributed by atoms with E-state index in [1.54, 1.807) is 13.0 Å². The van der Waals surface area contributed by atoms with Crippen LogP contribution in [-0.2, 0) is 0 Å². The van der Waals surface area contributed by atoms with E-state index in [2.05, 4.69) is 5.32 Å². The van der Waals surface area contributed by atoms with Crippen LogP contribution in [-0.4, -0.2) is 22.2 Å². The van der Waals surface area contributed by atoms with Gasteiger partial charge in [-0.25, -0.2) is 0 Å². The number of aryl methyl sites for hydroxylation is 1. The standard InChI is InChI=1S/C13H20N2O3/c1-4-7-13(3,16)9-14-12-6-5-11(15(17)18)8-10(12)2/h5-6,8,14,16H,4,7,9H2,1-3H3. The Kier molecular flexibility index (Phi) is 4.67. The highest BCUT2D eigenvalue weighted by molar-refractivity contribution is 5.55. The van der Waals surface area contributed by atoms with Crippen molar-refractivity contribution in [1.82, 2.24) is 0 Å². The Hall–Kier alpha value is -1.62. The van der Waals surface area contributed by atoms with Gasteiger partial charge in [-0.1, -0.05) is 13.3 Å². The third kappa shape index (κ3) is 4.00. The van der Waals surface area contributed by atoms with Gasteiger partial charge >= 0.3 is 0 Å². The van der Waals surface area contributed by atoms with E-state index < -0.39 is 10.5 Å². The number of benzene rings is 1. The Labute approximate surface area is 107 Å².